The predicted octanol–water partition coefficient (Wildman–Crippen LogP) is -1.23. The number of alkyl halides is 1. The Bertz CT molecular complexity index is 2080. The molecule has 0 amide bonds. The van der Waals surface area contributed by atoms with Crippen LogP contribution in [0, 0.1) is 11.7 Å². The molecule has 5 N–H and O–H groups in total. The first kappa shape index (κ1) is 32.1. The van der Waals surface area contributed by atoms with Crippen molar-refractivity contribution in [3.63, 3.8) is 0 Å². The van der Waals surface area contributed by atoms with Gasteiger partial charge in [-0.1, -0.05) is 0 Å². The maximum Gasteiger partial charge on any atom is 0.472 e. The average molecular weight is 706 g/mol. The number of nitrogens with two attached hydrogens (primary N) is 1. The molecular formula is C23H26F2N9O11PS. The first-order valence-corrected chi connectivity index (χ1v) is 16.7. The summed E-state index contributed by atoms with van der Waals surface area (Å²) in [4.78, 5) is 39.2. The summed E-state index contributed by atoms with van der Waals surface area (Å²) in [6.45, 7) is -2.35. The van der Waals surface area contributed by atoms with Crippen LogP contribution in [-0.2, 0) is 44.6 Å². The standard InChI is InChI=1S/C23H26F2N9O11PS/c1-32-7-30-19-13(21(32)36)10(24)3-33(19)23-16-9(4-35)12(43-23)5-41-46(37,38)44-17-11(2-31-47(39,40)45-16)42-22(14(17)25)34-8-29-15-18(26)27-6-28-20(15)34/h3,6-9,11-12,14,16-17,22-23,31,35H,2,4-5H2,1H3,(H,37,38)(H2,26,27,28). The number of aliphatic hydroxyl groups excluding tert-OH is 1. The van der Waals surface area contributed by atoms with E-state index in [1.165, 1.54) is 7.05 Å². The van der Waals surface area contributed by atoms with E-state index < -0.39 is 104 Å². The van der Waals surface area contributed by atoms with Crippen molar-refractivity contribution in [1.82, 2.24) is 38.4 Å². The number of ether oxygens (including phenoxy) is 2. The van der Waals surface area contributed by atoms with Crippen molar-refractivity contribution in [2.45, 2.75) is 43.0 Å². The smallest absolute Gasteiger partial charge is 0.396 e. The van der Waals surface area contributed by atoms with E-state index >= 15 is 4.39 Å². The Labute approximate surface area is 261 Å². The number of hydrogen-bond acceptors (Lipinski definition) is 15. The molecule has 7 rings (SSSR count). The van der Waals surface area contributed by atoms with Crippen molar-refractivity contribution < 1.29 is 54.5 Å². The van der Waals surface area contributed by atoms with Gasteiger partial charge in [0.25, 0.3) is 5.56 Å². The lowest BCUT2D eigenvalue weighted by atomic mass is 9.99. The number of anilines is 1. The molecule has 24 heteroatoms. The van der Waals surface area contributed by atoms with E-state index in [0.717, 1.165) is 38.9 Å². The van der Waals surface area contributed by atoms with Gasteiger partial charge in [0.1, 0.15) is 35.5 Å². The molecule has 9 unspecified atom stereocenters. The van der Waals surface area contributed by atoms with E-state index in [4.69, 9.17) is 28.4 Å². The quantitative estimate of drug-likeness (QED) is 0.182. The van der Waals surface area contributed by atoms with Gasteiger partial charge < -0.3 is 34.3 Å². The van der Waals surface area contributed by atoms with Crippen LogP contribution < -0.4 is 16.0 Å². The number of halogens is 2. The molecule has 0 aromatic carbocycles. The third-order valence-electron chi connectivity index (χ3n) is 8.11. The minimum Gasteiger partial charge on any atom is -0.396 e. The van der Waals surface area contributed by atoms with Crippen molar-refractivity contribution in [2.24, 2.45) is 13.0 Å². The van der Waals surface area contributed by atoms with Crippen LogP contribution in [0.3, 0.4) is 0 Å². The molecule has 2 bridgehead atoms. The van der Waals surface area contributed by atoms with Crippen molar-refractivity contribution in [1.29, 1.82) is 0 Å². The van der Waals surface area contributed by atoms with Crippen LogP contribution in [0.25, 0.3) is 22.2 Å². The molecule has 4 aromatic rings. The number of nitrogens with one attached hydrogen (secondary N) is 1. The lowest BCUT2D eigenvalue weighted by Gasteiger charge is -2.24. The Kier molecular flexibility index (Phi) is 7.90. The van der Waals surface area contributed by atoms with Gasteiger partial charge in [-0.2, -0.15) is 13.1 Å². The minimum atomic E-state index is -5.15. The molecule has 0 radical (unpaired) electrons. The van der Waals surface area contributed by atoms with Gasteiger partial charge in [0.05, 0.1) is 32.0 Å². The second-order valence-electron chi connectivity index (χ2n) is 10.9. The normalized spacial score (nSPS) is 34.6. The Morgan fingerprint density at radius 2 is 1.87 bits per heavy atom. The van der Waals surface area contributed by atoms with Crippen LogP contribution in [0.1, 0.15) is 12.5 Å². The topological polar surface area (TPSA) is 259 Å². The molecule has 3 saturated heterocycles. The van der Waals surface area contributed by atoms with Crippen LogP contribution in [0.5, 0.6) is 0 Å². The number of rotatable bonds is 3. The summed E-state index contributed by atoms with van der Waals surface area (Å²) >= 11 is 0. The highest BCUT2D eigenvalue weighted by molar-refractivity contribution is 7.84. The van der Waals surface area contributed by atoms with Crippen LogP contribution in [0.2, 0.25) is 0 Å². The summed E-state index contributed by atoms with van der Waals surface area (Å²) in [5, 5.41) is 9.80. The van der Waals surface area contributed by atoms with E-state index in [0.29, 0.717) is 0 Å². The third kappa shape index (κ3) is 5.50. The predicted molar refractivity (Wildman–Crippen MR) is 150 cm³/mol. The lowest BCUT2D eigenvalue weighted by molar-refractivity contribution is -0.0509. The summed E-state index contributed by atoms with van der Waals surface area (Å²) in [5.41, 5.74) is 5.01. The fourth-order valence-electron chi connectivity index (χ4n) is 5.87. The first-order chi connectivity index (χ1) is 22.3. The van der Waals surface area contributed by atoms with Gasteiger partial charge in [-0.3, -0.25) is 18.4 Å². The molecule has 3 fully saturated rings. The zero-order chi connectivity index (χ0) is 33.4. The highest BCUT2D eigenvalue weighted by Crippen LogP contribution is 2.51. The Morgan fingerprint density at radius 3 is 2.64 bits per heavy atom. The maximum atomic E-state index is 16.0. The van der Waals surface area contributed by atoms with E-state index in [1.807, 2.05) is 0 Å². The number of nitrogens with zero attached hydrogens (tertiary/aromatic N) is 7. The largest absolute Gasteiger partial charge is 0.472 e. The Morgan fingerprint density at radius 1 is 1.11 bits per heavy atom. The zero-order valence-corrected chi connectivity index (χ0v) is 25.6. The highest BCUT2D eigenvalue weighted by atomic mass is 32.2. The highest BCUT2D eigenvalue weighted by Gasteiger charge is 2.53. The molecule has 0 spiro atoms. The van der Waals surface area contributed by atoms with E-state index in [9.17, 15) is 32.2 Å². The number of aromatic nitrogens is 7. The lowest BCUT2D eigenvalue weighted by Crippen LogP contribution is -2.43. The fraction of sp³-hybridized carbons (Fsp3) is 0.522. The molecule has 3 aliphatic heterocycles. The first-order valence-electron chi connectivity index (χ1n) is 13.8. The molecule has 20 nitrogen and oxygen atoms in total. The monoisotopic (exact) mass is 705 g/mol. The van der Waals surface area contributed by atoms with Gasteiger partial charge in [0.2, 0.25) is 0 Å². The molecule has 0 aliphatic carbocycles. The van der Waals surface area contributed by atoms with Crippen molar-refractivity contribution in [2.75, 3.05) is 25.5 Å². The molecule has 4 aromatic heterocycles. The summed E-state index contributed by atoms with van der Waals surface area (Å²) in [5.74, 6) is -2.27. The fourth-order valence-corrected chi connectivity index (χ4v) is 7.79. The second kappa shape index (κ2) is 11.6. The third-order valence-corrected chi connectivity index (χ3v) is 10.1. The number of fused-ring (bicyclic) bond motifs is 5. The molecule has 0 saturated carbocycles. The van der Waals surface area contributed by atoms with Crippen molar-refractivity contribution >= 4 is 46.1 Å². The molecule has 254 valence electrons. The van der Waals surface area contributed by atoms with Crippen molar-refractivity contribution in [3.8, 4) is 0 Å². The second-order valence-corrected chi connectivity index (χ2v) is 13.7. The Balaban J connectivity index is 1.23. The molecule has 47 heavy (non-hydrogen) atoms. The van der Waals surface area contributed by atoms with Crippen LogP contribution in [0.15, 0.2) is 30.0 Å². The summed E-state index contributed by atoms with van der Waals surface area (Å²) in [7, 11) is -8.62. The zero-order valence-electron chi connectivity index (χ0n) is 23.9. The maximum absolute atomic E-state index is 16.0. The Hall–Kier alpha value is -3.51. The van der Waals surface area contributed by atoms with E-state index in [-0.39, 0.29) is 22.6 Å². The number of aryl methyl sites for hydroxylation is 1. The number of nitrogen functional groups attached to an aromatic ring is 1. The minimum absolute atomic E-state index is 0.00985. The SMILES string of the molecule is Cn1cnc2c(c(F)cn2C2OC3COP(=O)(O)OC4C(CNS(=O)(=O)OC2C3CO)OC(n2cnc3c(N)ncnc32)C4F)c1=O. The number of hydrogen-bond donors (Lipinski definition) is 4. The molecule has 3 aliphatic rings. The van der Waals surface area contributed by atoms with Crippen LogP contribution >= 0.6 is 7.82 Å². The van der Waals surface area contributed by atoms with Crippen LogP contribution in [-0.4, -0.2) is 102 Å². The van der Waals surface area contributed by atoms with Gasteiger partial charge in [0.15, 0.2) is 41.6 Å². The molecule has 7 heterocycles. The molecule has 9 atom stereocenters. The van der Waals surface area contributed by atoms with Gasteiger partial charge >= 0.3 is 18.1 Å². The van der Waals surface area contributed by atoms with Crippen LogP contribution in [0.4, 0.5) is 14.6 Å². The number of phosphoric ester groups is 1. The van der Waals surface area contributed by atoms with E-state index in [1.54, 1.807) is 0 Å². The van der Waals surface area contributed by atoms with Gasteiger partial charge in [-0.25, -0.2) is 37.5 Å². The summed E-state index contributed by atoms with van der Waals surface area (Å²) in [6.07, 6.45) is -7.54. The molecular weight excluding hydrogens is 679 g/mol. The van der Waals surface area contributed by atoms with Gasteiger partial charge in [-0.15, -0.1) is 0 Å². The van der Waals surface area contributed by atoms with Gasteiger partial charge in [-0.05, 0) is 0 Å². The number of aliphatic hydroxyl groups is 1. The summed E-state index contributed by atoms with van der Waals surface area (Å²) in [6, 6.07) is 0. The van der Waals surface area contributed by atoms with Gasteiger partial charge in [0, 0.05) is 25.7 Å². The van der Waals surface area contributed by atoms with Crippen molar-refractivity contribution in [3.05, 3.63) is 41.3 Å². The number of phosphoric acid groups is 1. The number of imidazole rings is 1. The van der Waals surface area contributed by atoms with E-state index in [2.05, 4.69) is 24.7 Å². The summed E-state index contributed by atoms with van der Waals surface area (Å²) < 4.78 is 103. The average Bonchev–Trinajstić information content (AvgIpc) is 3.76.